The smallest absolute Gasteiger partial charge is 0.303 e. The largest absolute Gasteiger partial charge is 0.456 e. The fourth-order valence-electron chi connectivity index (χ4n) is 4.24. The molecule has 14 heteroatoms. The summed E-state index contributed by atoms with van der Waals surface area (Å²) in [5.41, 5.74) is 9.70. The molecule has 2 rings (SSSR count). The topological polar surface area (TPSA) is 180 Å². The van der Waals surface area contributed by atoms with Gasteiger partial charge in [0.2, 0.25) is 5.91 Å². The Morgan fingerprint density at radius 3 is 2.54 bits per heavy atom. The highest BCUT2D eigenvalue weighted by atomic mass is 16.7. The van der Waals surface area contributed by atoms with E-state index in [0.717, 1.165) is 44.2 Å². The van der Waals surface area contributed by atoms with E-state index in [1.54, 1.807) is 4.68 Å². The van der Waals surface area contributed by atoms with E-state index in [1.807, 2.05) is 6.20 Å². The second kappa shape index (κ2) is 17.0. The normalized spacial score (nSPS) is 22.3. The van der Waals surface area contributed by atoms with Crippen LogP contribution in [0.3, 0.4) is 0 Å². The first-order valence-electron chi connectivity index (χ1n) is 13.0. The van der Waals surface area contributed by atoms with Crippen LogP contribution in [0.25, 0.3) is 10.4 Å². The number of azide groups is 1. The molecule has 0 spiro atoms. The molecule has 1 aliphatic heterocycles. The van der Waals surface area contributed by atoms with Crippen LogP contribution in [0.15, 0.2) is 11.3 Å². The predicted molar refractivity (Wildman–Crippen MR) is 138 cm³/mol. The highest BCUT2D eigenvalue weighted by molar-refractivity contribution is 5.73. The summed E-state index contributed by atoms with van der Waals surface area (Å²) in [4.78, 5) is 38.4. The molecule has 14 nitrogen and oxygen atoms in total. The van der Waals surface area contributed by atoms with E-state index in [2.05, 4.69) is 31.6 Å². The molecule has 0 aromatic carbocycles. The molecule has 1 aromatic heterocycles. The fourth-order valence-corrected chi connectivity index (χ4v) is 4.24. The third-order valence-corrected chi connectivity index (χ3v) is 5.85. The van der Waals surface area contributed by atoms with Crippen molar-refractivity contribution in [3.8, 4) is 12.3 Å². The summed E-state index contributed by atoms with van der Waals surface area (Å²) < 4.78 is 24.4. The Balaban J connectivity index is 2.00. The van der Waals surface area contributed by atoms with Crippen molar-refractivity contribution in [2.45, 2.75) is 103 Å². The number of nitrogens with one attached hydrogen (secondary N) is 1. The zero-order valence-corrected chi connectivity index (χ0v) is 22.7. The molecule has 1 fully saturated rings. The second-order valence-electron chi connectivity index (χ2n) is 9.15. The third kappa shape index (κ3) is 11.3. The first-order chi connectivity index (χ1) is 18.7. The Bertz CT molecular complexity index is 1030. The lowest BCUT2D eigenvalue weighted by Gasteiger charge is -2.45. The predicted octanol–water partition coefficient (Wildman–Crippen LogP) is 2.21. The average Bonchev–Trinajstić information content (AvgIpc) is 3.33. The fraction of sp³-hybridized carbons (Fsp3) is 0.720. The maximum Gasteiger partial charge on any atom is 0.303 e. The molecule has 0 saturated carbocycles. The van der Waals surface area contributed by atoms with Crippen molar-refractivity contribution >= 4 is 17.8 Å². The van der Waals surface area contributed by atoms with Crippen LogP contribution in [0.4, 0.5) is 0 Å². The number of hydrogen-bond acceptors (Lipinski definition) is 10. The van der Waals surface area contributed by atoms with Gasteiger partial charge in [0, 0.05) is 44.8 Å². The van der Waals surface area contributed by atoms with Gasteiger partial charge in [-0.25, -0.2) is 0 Å². The summed E-state index contributed by atoms with van der Waals surface area (Å²) in [6, 6.07) is -0.989. The maximum atomic E-state index is 12.0. The van der Waals surface area contributed by atoms with Gasteiger partial charge >= 0.3 is 11.9 Å². The van der Waals surface area contributed by atoms with E-state index in [9.17, 15) is 14.4 Å². The number of unbranched alkanes of at least 4 members (excludes halogenated alkanes) is 4. The molecule has 0 radical (unpaired) electrons. The summed E-state index contributed by atoms with van der Waals surface area (Å²) in [6.45, 7) is 4.17. The lowest BCUT2D eigenvalue weighted by molar-refractivity contribution is -0.269. The van der Waals surface area contributed by atoms with Gasteiger partial charge in [-0.05, 0) is 31.2 Å². The molecule has 5 atom stereocenters. The van der Waals surface area contributed by atoms with Gasteiger partial charge < -0.3 is 24.3 Å². The Morgan fingerprint density at radius 1 is 1.15 bits per heavy atom. The average molecular weight is 548 g/mol. The van der Waals surface area contributed by atoms with Gasteiger partial charge in [0.25, 0.3) is 0 Å². The number of carbonyl (C=O) groups excluding carboxylic acids is 3. The van der Waals surface area contributed by atoms with Crippen molar-refractivity contribution in [1.29, 1.82) is 0 Å². The molecule has 0 aliphatic carbocycles. The van der Waals surface area contributed by atoms with Gasteiger partial charge in [-0.15, -0.1) is 17.4 Å². The van der Waals surface area contributed by atoms with E-state index in [1.165, 1.54) is 20.8 Å². The van der Waals surface area contributed by atoms with Crippen molar-refractivity contribution in [3.63, 3.8) is 0 Å². The van der Waals surface area contributed by atoms with Crippen LogP contribution >= 0.6 is 0 Å². The number of aromatic nitrogens is 3. The zero-order valence-electron chi connectivity index (χ0n) is 22.7. The molecule has 1 N–H and O–H groups in total. The van der Waals surface area contributed by atoms with Crippen LogP contribution in [0.1, 0.15) is 65.0 Å². The Hall–Kier alpha value is -3.66. The molecule has 1 aromatic rings. The number of rotatable bonds is 16. The number of esters is 2. The summed E-state index contributed by atoms with van der Waals surface area (Å²) >= 11 is 0. The highest BCUT2D eigenvalue weighted by Crippen LogP contribution is 2.28. The molecule has 1 amide bonds. The van der Waals surface area contributed by atoms with Crippen LogP contribution in [-0.4, -0.2) is 76.6 Å². The summed E-state index contributed by atoms with van der Waals surface area (Å²) in [5, 5.41) is 14.6. The molecular formula is C25H37N7O7. The maximum absolute atomic E-state index is 12.0. The minimum Gasteiger partial charge on any atom is -0.456 e. The molecule has 39 heavy (non-hydrogen) atoms. The van der Waals surface area contributed by atoms with Crippen molar-refractivity contribution in [1.82, 2.24) is 20.3 Å². The molecule has 1 aliphatic rings. The van der Waals surface area contributed by atoms with E-state index in [0.29, 0.717) is 13.0 Å². The Kier molecular flexibility index (Phi) is 13.8. The number of terminal acetylenes is 1. The summed E-state index contributed by atoms with van der Waals surface area (Å²) in [7, 11) is 0. The van der Waals surface area contributed by atoms with E-state index in [-0.39, 0.29) is 13.2 Å². The first kappa shape index (κ1) is 31.6. The van der Waals surface area contributed by atoms with Crippen LogP contribution in [0.2, 0.25) is 0 Å². The van der Waals surface area contributed by atoms with Crippen LogP contribution < -0.4 is 5.32 Å². The molecular weight excluding hydrogens is 510 g/mol. The van der Waals surface area contributed by atoms with Crippen molar-refractivity contribution in [2.24, 2.45) is 5.11 Å². The van der Waals surface area contributed by atoms with Gasteiger partial charge in [-0.2, -0.15) is 0 Å². The minimum atomic E-state index is -1.14. The number of amides is 1. The molecule has 0 unspecified atom stereocenters. The third-order valence-electron chi connectivity index (χ3n) is 5.85. The Labute approximate surface area is 227 Å². The SMILES string of the molecule is C#CCCCCCCc1cn(CCCO[C@H]2O[C@H](CN=[N+]=[N-])[C@@H](OC(C)=O)[C@H](OC(C)=O)[C@H]2NC(C)=O)nn1. The Morgan fingerprint density at radius 2 is 1.87 bits per heavy atom. The highest BCUT2D eigenvalue weighted by Gasteiger charge is 2.50. The lowest BCUT2D eigenvalue weighted by Crippen LogP contribution is -2.66. The van der Waals surface area contributed by atoms with Crippen molar-refractivity contribution in [2.75, 3.05) is 13.2 Å². The minimum absolute atomic E-state index is 0.199. The summed E-state index contributed by atoms with van der Waals surface area (Å²) in [5.74, 6) is 0.887. The zero-order chi connectivity index (χ0) is 28.6. The lowest BCUT2D eigenvalue weighted by atomic mass is 9.95. The molecule has 214 valence electrons. The monoisotopic (exact) mass is 547 g/mol. The van der Waals surface area contributed by atoms with Gasteiger partial charge in [-0.3, -0.25) is 19.1 Å². The molecule has 1 saturated heterocycles. The van der Waals surface area contributed by atoms with E-state index in [4.69, 9.17) is 30.9 Å². The van der Waals surface area contributed by atoms with Gasteiger partial charge in [-0.1, -0.05) is 23.2 Å². The standard InChI is InChI=1S/C25H37N7O7/c1-5-6-7-8-9-10-12-20-16-32(31-29-20)13-11-14-36-25-22(28-17(2)33)24(38-19(4)35)23(37-18(3)34)21(39-25)15-27-30-26/h1,16,21-25H,6-15H2,2-4H3,(H,28,33)/t21-,22-,23-,24-,25+/m1/s1. The van der Waals surface area contributed by atoms with Crippen molar-refractivity contribution < 1.29 is 33.3 Å². The van der Waals surface area contributed by atoms with Crippen LogP contribution in [0, 0.1) is 12.3 Å². The van der Waals surface area contributed by atoms with Crippen LogP contribution in [-0.2, 0) is 46.3 Å². The first-order valence-corrected chi connectivity index (χ1v) is 13.0. The molecule has 0 bridgehead atoms. The van der Waals surface area contributed by atoms with Gasteiger partial charge in [0.05, 0.1) is 18.8 Å². The van der Waals surface area contributed by atoms with Gasteiger partial charge in [0.1, 0.15) is 12.1 Å². The quantitative estimate of drug-likeness (QED) is 0.0810. The number of carbonyl (C=O) groups is 3. The number of nitrogens with zero attached hydrogens (tertiary/aromatic N) is 6. The second-order valence-corrected chi connectivity index (χ2v) is 9.15. The summed E-state index contributed by atoms with van der Waals surface area (Å²) in [6.07, 6.45) is 9.26. The number of hydrogen-bond donors (Lipinski definition) is 1. The van der Waals surface area contributed by atoms with Crippen molar-refractivity contribution in [3.05, 3.63) is 22.3 Å². The van der Waals surface area contributed by atoms with E-state index >= 15 is 0 Å². The van der Waals surface area contributed by atoms with E-state index < -0.39 is 48.5 Å². The van der Waals surface area contributed by atoms with Gasteiger partial charge in [0.15, 0.2) is 18.5 Å². The number of aryl methyl sites for hydroxylation is 2. The van der Waals surface area contributed by atoms with Crippen LogP contribution in [0.5, 0.6) is 0 Å². The molecule has 2 heterocycles. The number of ether oxygens (including phenoxy) is 4.